The second-order valence-corrected chi connectivity index (χ2v) is 9.58. The maximum absolute atomic E-state index is 13.2. The van der Waals surface area contributed by atoms with Gasteiger partial charge in [0.1, 0.15) is 12.6 Å². The molecule has 3 aliphatic rings. The molecule has 0 radical (unpaired) electrons. The lowest BCUT2D eigenvalue weighted by Gasteiger charge is -2.57. The molecule has 32 heavy (non-hydrogen) atoms. The molecule has 7 heteroatoms. The van der Waals surface area contributed by atoms with Gasteiger partial charge in [-0.1, -0.05) is 48.5 Å². The molecular formula is C25H25F2NO4. The summed E-state index contributed by atoms with van der Waals surface area (Å²) >= 11 is 0. The molecular weight excluding hydrogens is 416 g/mol. The Morgan fingerprint density at radius 3 is 2.12 bits per heavy atom. The van der Waals surface area contributed by atoms with Gasteiger partial charge in [-0.05, 0) is 52.8 Å². The fourth-order valence-electron chi connectivity index (χ4n) is 6.00. The zero-order valence-corrected chi connectivity index (χ0v) is 17.5. The molecule has 5 rings (SSSR count). The largest absolute Gasteiger partial charge is 0.480 e. The number of ether oxygens (including phenoxy) is 1. The maximum Gasteiger partial charge on any atom is 0.407 e. The molecule has 2 fully saturated rings. The molecule has 2 aromatic rings. The number of hydrogen-bond acceptors (Lipinski definition) is 3. The van der Waals surface area contributed by atoms with Crippen LogP contribution in [-0.2, 0) is 9.53 Å². The van der Waals surface area contributed by atoms with Gasteiger partial charge < -0.3 is 15.2 Å². The third-order valence-electron chi connectivity index (χ3n) is 7.21. The average Bonchev–Trinajstić information content (AvgIpc) is 3.02. The van der Waals surface area contributed by atoms with Gasteiger partial charge in [0.15, 0.2) is 0 Å². The summed E-state index contributed by atoms with van der Waals surface area (Å²) < 4.78 is 31.8. The third-order valence-corrected chi connectivity index (χ3v) is 7.21. The lowest BCUT2D eigenvalue weighted by Crippen LogP contribution is -2.55. The average molecular weight is 441 g/mol. The Bertz CT molecular complexity index is 1010. The van der Waals surface area contributed by atoms with Crippen LogP contribution in [0.2, 0.25) is 0 Å². The Hall–Kier alpha value is -2.96. The summed E-state index contributed by atoms with van der Waals surface area (Å²) in [7, 11) is 0. The van der Waals surface area contributed by atoms with E-state index in [1.54, 1.807) is 0 Å². The number of halogens is 2. The van der Waals surface area contributed by atoms with Crippen LogP contribution in [0, 0.1) is 11.3 Å². The first kappa shape index (κ1) is 20.9. The number of carbonyl (C=O) groups excluding carboxylic acids is 1. The number of carbonyl (C=O) groups is 2. The van der Waals surface area contributed by atoms with Gasteiger partial charge in [0, 0.05) is 18.8 Å². The minimum Gasteiger partial charge on any atom is -0.480 e. The summed E-state index contributed by atoms with van der Waals surface area (Å²) in [6, 6.07) is 14.8. The SMILES string of the molecule is O=C(NC(CC1CC2(C1)CC(F)(F)C2)C(=O)O)OCC1c2ccccc2-c2ccccc21. The van der Waals surface area contributed by atoms with Gasteiger partial charge in [0.05, 0.1) is 0 Å². The summed E-state index contributed by atoms with van der Waals surface area (Å²) in [6.45, 7) is 0.105. The highest BCUT2D eigenvalue weighted by molar-refractivity contribution is 5.81. The van der Waals surface area contributed by atoms with Gasteiger partial charge >= 0.3 is 12.1 Å². The Kier molecular flexibility index (Phi) is 4.95. The van der Waals surface area contributed by atoms with Crippen LogP contribution in [0.1, 0.15) is 49.1 Å². The van der Waals surface area contributed by atoms with Gasteiger partial charge in [-0.3, -0.25) is 0 Å². The zero-order chi connectivity index (χ0) is 22.5. The van der Waals surface area contributed by atoms with Gasteiger partial charge in [-0.25, -0.2) is 18.4 Å². The highest BCUT2D eigenvalue weighted by atomic mass is 19.3. The van der Waals surface area contributed by atoms with E-state index in [4.69, 9.17) is 4.74 Å². The first-order valence-electron chi connectivity index (χ1n) is 11.0. The van der Waals surface area contributed by atoms with Gasteiger partial charge in [0.2, 0.25) is 5.92 Å². The van der Waals surface area contributed by atoms with Crippen molar-refractivity contribution in [3.63, 3.8) is 0 Å². The van der Waals surface area contributed by atoms with Gasteiger partial charge in [0.25, 0.3) is 0 Å². The molecule has 0 heterocycles. The zero-order valence-electron chi connectivity index (χ0n) is 17.5. The van der Waals surface area contributed by atoms with E-state index in [2.05, 4.69) is 5.32 Å². The Morgan fingerprint density at radius 1 is 1.03 bits per heavy atom. The van der Waals surface area contributed by atoms with Crippen molar-refractivity contribution in [2.24, 2.45) is 11.3 Å². The van der Waals surface area contributed by atoms with E-state index in [1.807, 2.05) is 48.5 Å². The second-order valence-electron chi connectivity index (χ2n) is 9.58. The lowest BCUT2D eigenvalue weighted by molar-refractivity contribution is -0.208. The van der Waals surface area contributed by atoms with E-state index in [0.29, 0.717) is 12.8 Å². The minimum atomic E-state index is -2.57. The lowest BCUT2D eigenvalue weighted by atomic mass is 9.49. The van der Waals surface area contributed by atoms with E-state index in [0.717, 1.165) is 22.3 Å². The van der Waals surface area contributed by atoms with Crippen LogP contribution < -0.4 is 5.32 Å². The van der Waals surface area contributed by atoms with E-state index in [9.17, 15) is 23.5 Å². The van der Waals surface area contributed by atoms with Crippen LogP contribution >= 0.6 is 0 Å². The molecule has 0 aliphatic heterocycles. The van der Waals surface area contributed by atoms with Crippen LogP contribution in [0.5, 0.6) is 0 Å². The summed E-state index contributed by atoms with van der Waals surface area (Å²) in [6.07, 6.45) is 0.440. The number of fused-ring (bicyclic) bond motifs is 3. The monoisotopic (exact) mass is 441 g/mol. The van der Waals surface area contributed by atoms with Crippen molar-refractivity contribution in [1.29, 1.82) is 0 Å². The van der Waals surface area contributed by atoms with E-state index in [-0.39, 0.29) is 43.1 Å². The smallest absolute Gasteiger partial charge is 0.407 e. The van der Waals surface area contributed by atoms with E-state index < -0.39 is 24.0 Å². The number of alkyl halides is 2. The quantitative estimate of drug-likeness (QED) is 0.647. The van der Waals surface area contributed by atoms with Crippen LogP contribution in [0.15, 0.2) is 48.5 Å². The highest BCUT2D eigenvalue weighted by Gasteiger charge is 2.61. The predicted octanol–water partition coefficient (Wildman–Crippen LogP) is 5.19. The van der Waals surface area contributed by atoms with Crippen molar-refractivity contribution in [2.75, 3.05) is 6.61 Å². The van der Waals surface area contributed by atoms with Crippen molar-refractivity contribution in [1.82, 2.24) is 5.32 Å². The van der Waals surface area contributed by atoms with Gasteiger partial charge in [-0.2, -0.15) is 0 Å². The number of carboxylic acids is 1. The highest BCUT2D eigenvalue weighted by Crippen LogP contribution is 2.65. The maximum atomic E-state index is 13.2. The van der Waals surface area contributed by atoms with Crippen molar-refractivity contribution in [2.45, 2.75) is 50.0 Å². The molecule has 2 saturated carbocycles. The van der Waals surface area contributed by atoms with Crippen LogP contribution in [0.4, 0.5) is 13.6 Å². The molecule has 3 aliphatic carbocycles. The molecule has 0 bridgehead atoms. The predicted molar refractivity (Wildman–Crippen MR) is 114 cm³/mol. The third kappa shape index (κ3) is 3.74. The van der Waals surface area contributed by atoms with Crippen molar-refractivity contribution < 1.29 is 28.2 Å². The standard InChI is InChI=1S/C25H25F2NO4/c26-25(27)13-24(14-25)10-15(11-24)9-21(22(29)30)28-23(31)32-12-20-18-7-3-1-5-16(18)17-6-2-4-8-19(17)20/h1-8,15,20-21H,9-14H2,(H,28,31)(H,29,30). The molecule has 2 aromatic carbocycles. The molecule has 168 valence electrons. The number of alkyl carbamates (subject to hydrolysis) is 1. The summed E-state index contributed by atoms with van der Waals surface area (Å²) in [5.74, 6) is -3.79. The first-order valence-corrected chi connectivity index (χ1v) is 11.0. The van der Waals surface area contributed by atoms with E-state index >= 15 is 0 Å². The van der Waals surface area contributed by atoms with Gasteiger partial charge in [-0.15, -0.1) is 0 Å². The number of rotatable bonds is 6. The molecule has 5 nitrogen and oxygen atoms in total. The molecule has 1 amide bonds. The minimum absolute atomic E-state index is 0.0288. The Balaban J connectivity index is 1.17. The Morgan fingerprint density at radius 2 is 1.59 bits per heavy atom. The van der Waals surface area contributed by atoms with Crippen LogP contribution in [-0.4, -0.2) is 35.7 Å². The second kappa shape index (κ2) is 7.57. The fraction of sp³-hybridized carbons (Fsp3) is 0.440. The number of carboxylic acid groups (broad SMARTS) is 1. The first-order chi connectivity index (χ1) is 15.3. The fourth-order valence-corrected chi connectivity index (χ4v) is 6.00. The van der Waals surface area contributed by atoms with Crippen LogP contribution in [0.3, 0.4) is 0 Å². The van der Waals surface area contributed by atoms with Crippen molar-refractivity contribution >= 4 is 12.1 Å². The Labute approximate surface area is 184 Å². The number of aliphatic carboxylic acids is 1. The normalized spacial score (nSPS) is 21.1. The molecule has 1 atom stereocenters. The molecule has 1 spiro atoms. The summed E-state index contributed by atoms with van der Waals surface area (Å²) in [4.78, 5) is 24.1. The number of benzene rings is 2. The summed E-state index contributed by atoms with van der Waals surface area (Å²) in [5, 5.41) is 12.0. The molecule has 2 N–H and O–H groups in total. The number of nitrogens with one attached hydrogen (secondary N) is 1. The number of hydrogen-bond donors (Lipinski definition) is 2. The van der Waals surface area contributed by atoms with Crippen LogP contribution in [0.25, 0.3) is 11.1 Å². The van der Waals surface area contributed by atoms with Crippen molar-refractivity contribution in [3.05, 3.63) is 59.7 Å². The number of amides is 1. The van der Waals surface area contributed by atoms with E-state index in [1.165, 1.54) is 0 Å². The topological polar surface area (TPSA) is 75.6 Å². The summed E-state index contributed by atoms with van der Waals surface area (Å²) in [5.41, 5.74) is 4.06. The van der Waals surface area contributed by atoms with Crippen molar-refractivity contribution in [3.8, 4) is 11.1 Å². The molecule has 0 saturated heterocycles. The molecule has 1 unspecified atom stereocenters. The molecule has 0 aromatic heterocycles.